The van der Waals surface area contributed by atoms with Gasteiger partial charge in [0.15, 0.2) is 11.4 Å². The number of benzene rings is 2. The van der Waals surface area contributed by atoms with E-state index in [4.69, 9.17) is 9.41 Å². The lowest BCUT2D eigenvalue weighted by Crippen LogP contribution is -2.24. The van der Waals surface area contributed by atoms with E-state index in [1.54, 1.807) is 0 Å². The molecule has 5 rings (SSSR count). The van der Waals surface area contributed by atoms with Crippen molar-refractivity contribution in [1.82, 2.24) is 4.98 Å². The van der Waals surface area contributed by atoms with E-state index in [9.17, 15) is 4.79 Å². The summed E-state index contributed by atoms with van der Waals surface area (Å²) in [4.78, 5) is 22.4. The molecule has 140 valence electrons. The lowest BCUT2D eigenvalue weighted by molar-refractivity contribution is -0.116. The Morgan fingerprint density at radius 1 is 1.07 bits per heavy atom. The third-order valence-electron chi connectivity index (χ3n) is 5.46. The first-order chi connectivity index (χ1) is 13.7. The van der Waals surface area contributed by atoms with Gasteiger partial charge in [-0.15, -0.1) is 0 Å². The summed E-state index contributed by atoms with van der Waals surface area (Å²) in [6, 6.07) is 15.6. The molecular formula is C23H19BrN2O2. The molecule has 5 heteroatoms. The quantitative estimate of drug-likeness (QED) is 0.525. The van der Waals surface area contributed by atoms with Gasteiger partial charge in [-0.25, -0.2) is 4.98 Å². The van der Waals surface area contributed by atoms with Crippen molar-refractivity contribution in [2.75, 3.05) is 0 Å². The van der Waals surface area contributed by atoms with Crippen molar-refractivity contribution in [3.05, 3.63) is 75.6 Å². The van der Waals surface area contributed by atoms with Gasteiger partial charge in [-0.2, -0.15) is 0 Å². The van der Waals surface area contributed by atoms with Crippen LogP contribution in [0.5, 0.6) is 0 Å². The average molecular weight is 435 g/mol. The van der Waals surface area contributed by atoms with E-state index in [1.165, 1.54) is 5.57 Å². The third kappa shape index (κ3) is 3.14. The van der Waals surface area contributed by atoms with Crippen molar-refractivity contribution in [3.63, 3.8) is 0 Å². The van der Waals surface area contributed by atoms with Gasteiger partial charge in [0.25, 0.3) is 0 Å². The number of para-hydroxylation sites is 2. The molecule has 3 aromatic rings. The van der Waals surface area contributed by atoms with Crippen LogP contribution in [-0.4, -0.2) is 16.5 Å². The summed E-state index contributed by atoms with van der Waals surface area (Å²) < 4.78 is 6.89. The lowest BCUT2D eigenvalue weighted by atomic mass is 9.79. The van der Waals surface area contributed by atoms with Gasteiger partial charge >= 0.3 is 0 Å². The number of hydrogen-bond acceptors (Lipinski definition) is 4. The fourth-order valence-electron chi connectivity index (χ4n) is 4.20. The van der Waals surface area contributed by atoms with Crippen LogP contribution in [0.3, 0.4) is 0 Å². The maximum absolute atomic E-state index is 12.7. The molecule has 2 heterocycles. The molecule has 1 aliphatic heterocycles. The molecule has 0 N–H and O–H groups in total. The number of Topliss-reactive ketones (excluding diaryl/α,β-unsaturated/α-hetero) is 1. The van der Waals surface area contributed by atoms with Gasteiger partial charge in [0.1, 0.15) is 11.6 Å². The highest BCUT2D eigenvalue weighted by atomic mass is 79.9. The Hall–Kier alpha value is -2.53. The third-order valence-corrected chi connectivity index (χ3v) is 6.18. The summed E-state index contributed by atoms with van der Waals surface area (Å²) >= 11 is 3.64. The van der Waals surface area contributed by atoms with E-state index in [2.05, 4.69) is 20.9 Å². The van der Waals surface area contributed by atoms with Crippen LogP contribution < -0.4 is 0 Å². The van der Waals surface area contributed by atoms with Crippen LogP contribution in [0.25, 0.3) is 11.1 Å². The zero-order valence-corrected chi connectivity index (χ0v) is 16.9. The molecule has 1 atom stereocenters. The van der Waals surface area contributed by atoms with E-state index in [0.717, 1.165) is 51.7 Å². The molecule has 0 amide bonds. The van der Waals surface area contributed by atoms with Crippen LogP contribution >= 0.6 is 15.9 Å². The molecule has 2 aromatic carbocycles. The van der Waals surface area contributed by atoms with Gasteiger partial charge in [0.05, 0.1) is 6.42 Å². The maximum Gasteiger partial charge on any atom is 0.201 e. The van der Waals surface area contributed by atoms with Gasteiger partial charge < -0.3 is 4.42 Å². The first-order valence-corrected chi connectivity index (χ1v) is 10.4. The van der Waals surface area contributed by atoms with Gasteiger partial charge in [-0.1, -0.05) is 51.8 Å². The Labute approximate surface area is 171 Å². The van der Waals surface area contributed by atoms with E-state index >= 15 is 0 Å². The summed E-state index contributed by atoms with van der Waals surface area (Å²) in [7, 11) is 0. The van der Waals surface area contributed by atoms with Gasteiger partial charge in [-0.3, -0.25) is 9.79 Å². The zero-order valence-electron chi connectivity index (χ0n) is 15.3. The molecule has 0 radical (unpaired) electrons. The molecule has 0 bridgehead atoms. The number of dihydropyridines is 1. The number of aliphatic imine (C=N–C) groups is 1. The monoisotopic (exact) mass is 434 g/mol. The fraction of sp³-hybridized carbons (Fsp3) is 0.261. The molecule has 1 aromatic heterocycles. The Balaban J connectivity index is 1.54. The number of halogens is 1. The number of nitrogens with zero attached hydrogens (tertiary/aromatic N) is 2. The second-order valence-electron chi connectivity index (χ2n) is 7.34. The van der Waals surface area contributed by atoms with Crippen LogP contribution in [-0.2, 0) is 11.2 Å². The second kappa shape index (κ2) is 7.13. The lowest BCUT2D eigenvalue weighted by Gasteiger charge is -2.30. The van der Waals surface area contributed by atoms with E-state index in [0.29, 0.717) is 18.7 Å². The fourth-order valence-corrected chi connectivity index (χ4v) is 4.70. The molecule has 1 unspecified atom stereocenters. The van der Waals surface area contributed by atoms with E-state index in [-0.39, 0.29) is 11.8 Å². The minimum Gasteiger partial charge on any atom is -0.440 e. The summed E-state index contributed by atoms with van der Waals surface area (Å²) in [6.45, 7) is 0. The van der Waals surface area contributed by atoms with Crippen molar-refractivity contribution in [2.24, 2.45) is 4.99 Å². The maximum atomic E-state index is 12.7. The molecule has 28 heavy (non-hydrogen) atoms. The van der Waals surface area contributed by atoms with E-state index < -0.39 is 0 Å². The number of fused-ring (bicyclic) bond motifs is 1. The van der Waals surface area contributed by atoms with Crippen LogP contribution in [0.15, 0.2) is 73.6 Å². The molecule has 0 spiro atoms. The number of aromatic nitrogens is 1. The Kier molecular flexibility index (Phi) is 4.47. The Bertz CT molecular complexity index is 1110. The van der Waals surface area contributed by atoms with Crippen molar-refractivity contribution in [1.29, 1.82) is 0 Å². The molecule has 0 fully saturated rings. The number of hydrogen-bond donors (Lipinski definition) is 0. The summed E-state index contributed by atoms with van der Waals surface area (Å²) in [5.74, 6) is 0.920. The molecule has 0 saturated heterocycles. The molecule has 2 aliphatic rings. The SMILES string of the molecule is O=C1CCCC2=C1C(c1ccccc1Br)N=C(Cc1nc3ccccc3o1)C2. The number of carbonyl (C=O) groups excluding carboxylic acids is 1. The summed E-state index contributed by atoms with van der Waals surface area (Å²) in [5.41, 5.74) is 5.87. The van der Waals surface area contributed by atoms with Gasteiger partial charge in [-0.05, 0) is 36.6 Å². The second-order valence-corrected chi connectivity index (χ2v) is 8.20. The number of ketones is 1. The van der Waals surface area contributed by atoms with Crippen LogP contribution in [0.2, 0.25) is 0 Å². The predicted molar refractivity (Wildman–Crippen MR) is 113 cm³/mol. The largest absolute Gasteiger partial charge is 0.440 e. The standard InChI is InChI=1S/C23H19BrN2O2/c24-17-8-2-1-7-16(17)23-22-14(6-5-10-19(22)27)12-15(25-23)13-21-26-18-9-3-4-11-20(18)28-21/h1-4,7-9,11,23H,5-6,10,12-13H2. The Morgan fingerprint density at radius 2 is 1.89 bits per heavy atom. The van der Waals surface area contributed by atoms with Gasteiger partial charge in [0, 0.05) is 28.6 Å². The van der Waals surface area contributed by atoms with Crippen molar-refractivity contribution in [3.8, 4) is 0 Å². The highest BCUT2D eigenvalue weighted by molar-refractivity contribution is 9.10. The average Bonchev–Trinajstić information content (AvgIpc) is 3.10. The molecular weight excluding hydrogens is 416 g/mol. The minimum atomic E-state index is -0.244. The first-order valence-electron chi connectivity index (χ1n) is 9.58. The van der Waals surface area contributed by atoms with Crippen molar-refractivity contribution < 1.29 is 9.21 Å². The smallest absolute Gasteiger partial charge is 0.201 e. The van der Waals surface area contributed by atoms with Crippen molar-refractivity contribution >= 4 is 38.5 Å². The van der Waals surface area contributed by atoms with Crippen LogP contribution in [0, 0.1) is 0 Å². The highest BCUT2D eigenvalue weighted by Crippen LogP contribution is 2.42. The molecule has 4 nitrogen and oxygen atoms in total. The topological polar surface area (TPSA) is 55.5 Å². The van der Waals surface area contributed by atoms with Crippen molar-refractivity contribution in [2.45, 2.75) is 38.1 Å². The molecule has 1 aliphatic carbocycles. The number of rotatable bonds is 3. The summed E-state index contributed by atoms with van der Waals surface area (Å²) in [6.07, 6.45) is 3.82. The normalized spacial score (nSPS) is 19.7. The minimum absolute atomic E-state index is 0.242. The number of carbonyl (C=O) groups is 1. The summed E-state index contributed by atoms with van der Waals surface area (Å²) in [5, 5.41) is 0. The molecule has 0 saturated carbocycles. The first kappa shape index (κ1) is 17.6. The van der Waals surface area contributed by atoms with E-state index in [1.807, 2.05) is 48.5 Å². The highest BCUT2D eigenvalue weighted by Gasteiger charge is 2.33. The Morgan fingerprint density at radius 3 is 2.75 bits per heavy atom. The zero-order chi connectivity index (χ0) is 19.1. The number of oxazole rings is 1. The predicted octanol–water partition coefficient (Wildman–Crippen LogP) is 5.77. The number of allylic oxidation sites excluding steroid dienone is 1. The van der Waals surface area contributed by atoms with Crippen LogP contribution in [0.4, 0.5) is 0 Å². The van der Waals surface area contributed by atoms with Crippen LogP contribution in [0.1, 0.15) is 43.2 Å². The van der Waals surface area contributed by atoms with Gasteiger partial charge in [0.2, 0.25) is 5.89 Å².